The quantitative estimate of drug-likeness (QED) is 0.856. The highest BCUT2D eigenvalue weighted by molar-refractivity contribution is 6.33. The zero-order valence-electron chi connectivity index (χ0n) is 14.2. The van der Waals surface area contributed by atoms with E-state index in [0.717, 1.165) is 38.3 Å². The van der Waals surface area contributed by atoms with Gasteiger partial charge in [-0.15, -0.1) is 0 Å². The third kappa shape index (κ3) is 3.62. The van der Waals surface area contributed by atoms with Crippen LogP contribution in [0, 0.1) is 0 Å². The van der Waals surface area contributed by atoms with Crippen molar-refractivity contribution in [3.8, 4) is 0 Å². The molecule has 0 saturated carbocycles. The Kier molecular flexibility index (Phi) is 5.21. The van der Waals surface area contributed by atoms with Crippen molar-refractivity contribution in [1.29, 1.82) is 0 Å². The zero-order chi connectivity index (χ0) is 17.1. The topological polar surface area (TPSA) is 41.4 Å². The molecule has 2 heterocycles. The van der Waals surface area contributed by atoms with Gasteiger partial charge in [0.2, 0.25) is 0 Å². The van der Waals surface area contributed by atoms with E-state index in [9.17, 15) is 4.79 Å². The Morgan fingerprint density at radius 2 is 2.00 bits per heavy atom. The molecule has 1 fully saturated rings. The minimum absolute atomic E-state index is 0.244. The van der Waals surface area contributed by atoms with Crippen molar-refractivity contribution in [3.63, 3.8) is 0 Å². The van der Waals surface area contributed by atoms with Crippen LogP contribution in [0.25, 0.3) is 0 Å². The summed E-state index contributed by atoms with van der Waals surface area (Å²) < 4.78 is 1.27. The molecule has 0 radical (unpaired) electrons. The first-order chi connectivity index (χ1) is 11.6. The van der Waals surface area contributed by atoms with Crippen molar-refractivity contribution in [2.75, 3.05) is 24.5 Å². The number of rotatable bonds is 3. The second kappa shape index (κ2) is 7.36. The van der Waals surface area contributed by atoms with Crippen LogP contribution >= 0.6 is 11.6 Å². The average Bonchev–Trinajstić information content (AvgIpc) is 2.75. The third-order valence-corrected chi connectivity index (χ3v) is 4.90. The van der Waals surface area contributed by atoms with Crippen molar-refractivity contribution < 1.29 is 0 Å². The highest BCUT2D eigenvalue weighted by Crippen LogP contribution is 2.25. The van der Waals surface area contributed by atoms with Crippen LogP contribution in [0.5, 0.6) is 0 Å². The number of aromatic nitrogens is 2. The summed E-state index contributed by atoms with van der Waals surface area (Å²) in [6.45, 7) is 5.96. The van der Waals surface area contributed by atoms with Crippen LogP contribution in [0.2, 0.25) is 5.02 Å². The molecule has 0 spiro atoms. The molecule has 0 bridgehead atoms. The zero-order valence-corrected chi connectivity index (χ0v) is 14.9. The number of benzene rings is 1. The molecule has 0 amide bonds. The number of hydrogen-bond donors (Lipinski definition) is 0. The third-order valence-electron chi connectivity index (χ3n) is 4.55. The normalized spacial score (nSPS) is 19.3. The summed E-state index contributed by atoms with van der Waals surface area (Å²) in [6, 6.07) is 10.8. The van der Waals surface area contributed by atoms with Crippen molar-refractivity contribution in [1.82, 2.24) is 14.7 Å². The first kappa shape index (κ1) is 17.0. The summed E-state index contributed by atoms with van der Waals surface area (Å²) in [4.78, 5) is 16.7. The maximum Gasteiger partial charge on any atom is 0.287 e. The van der Waals surface area contributed by atoms with Crippen LogP contribution in [-0.4, -0.2) is 40.4 Å². The Morgan fingerprint density at radius 3 is 2.75 bits per heavy atom. The first-order valence-corrected chi connectivity index (χ1v) is 8.69. The largest absolute Gasteiger partial charge is 0.365 e. The molecule has 1 aliphatic rings. The second-order valence-corrected chi connectivity index (χ2v) is 6.77. The van der Waals surface area contributed by atoms with E-state index in [0.29, 0.717) is 0 Å². The van der Waals surface area contributed by atoms with E-state index in [1.54, 1.807) is 13.2 Å². The summed E-state index contributed by atoms with van der Waals surface area (Å²) in [5, 5.41) is 4.39. The van der Waals surface area contributed by atoms with E-state index in [1.165, 1.54) is 10.2 Å². The summed E-state index contributed by atoms with van der Waals surface area (Å²) in [6.07, 6.45) is 2.73. The lowest BCUT2D eigenvalue weighted by Crippen LogP contribution is -2.40. The molecule has 0 unspecified atom stereocenters. The maximum atomic E-state index is 12.1. The Labute approximate surface area is 147 Å². The molecule has 128 valence electrons. The fourth-order valence-electron chi connectivity index (χ4n) is 3.29. The minimum Gasteiger partial charge on any atom is -0.365 e. The number of halogens is 1. The molecule has 1 aliphatic heterocycles. The SMILES string of the molecule is C[C@H]1CN(Cc2ccccc2)CCCN1c1cnn(C)c(=O)c1Cl. The highest BCUT2D eigenvalue weighted by atomic mass is 35.5. The Balaban J connectivity index is 1.76. The molecule has 6 heteroatoms. The molecule has 5 nitrogen and oxygen atoms in total. The molecule has 1 aromatic heterocycles. The van der Waals surface area contributed by atoms with Crippen LogP contribution < -0.4 is 10.5 Å². The van der Waals surface area contributed by atoms with E-state index in [1.807, 2.05) is 6.07 Å². The van der Waals surface area contributed by atoms with Crippen LogP contribution in [-0.2, 0) is 13.6 Å². The van der Waals surface area contributed by atoms with Crippen LogP contribution in [0.4, 0.5) is 5.69 Å². The molecular weight excluding hydrogens is 324 g/mol. The first-order valence-electron chi connectivity index (χ1n) is 8.31. The van der Waals surface area contributed by atoms with Gasteiger partial charge in [-0.25, -0.2) is 4.68 Å². The number of aryl methyl sites for hydroxylation is 1. The molecule has 3 rings (SSSR count). The second-order valence-electron chi connectivity index (χ2n) is 6.39. The molecule has 0 N–H and O–H groups in total. The van der Waals surface area contributed by atoms with Gasteiger partial charge in [-0.05, 0) is 18.9 Å². The van der Waals surface area contributed by atoms with Gasteiger partial charge >= 0.3 is 0 Å². The predicted octanol–water partition coefficient (Wildman–Crippen LogP) is 2.53. The van der Waals surface area contributed by atoms with Crippen LogP contribution in [0.3, 0.4) is 0 Å². The molecule has 24 heavy (non-hydrogen) atoms. The lowest BCUT2D eigenvalue weighted by molar-refractivity contribution is 0.268. The van der Waals surface area contributed by atoms with Crippen molar-refractivity contribution in [2.45, 2.75) is 25.9 Å². The van der Waals surface area contributed by atoms with Gasteiger partial charge in [0.15, 0.2) is 0 Å². The fraction of sp³-hybridized carbons (Fsp3) is 0.444. The van der Waals surface area contributed by atoms with Gasteiger partial charge in [-0.3, -0.25) is 9.69 Å². The maximum absolute atomic E-state index is 12.1. The Bertz CT molecular complexity index is 746. The van der Waals surface area contributed by atoms with Gasteiger partial charge in [0.05, 0.1) is 11.9 Å². The van der Waals surface area contributed by atoms with E-state index in [-0.39, 0.29) is 16.6 Å². The smallest absolute Gasteiger partial charge is 0.287 e. The van der Waals surface area contributed by atoms with E-state index < -0.39 is 0 Å². The summed E-state index contributed by atoms with van der Waals surface area (Å²) in [5.74, 6) is 0. The van der Waals surface area contributed by atoms with Crippen LogP contribution in [0.15, 0.2) is 41.3 Å². The van der Waals surface area contributed by atoms with Gasteiger partial charge < -0.3 is 4.90 Å². The fourth-order valence-corrected chi connectivity index (χ4v) is 3.57. The monoisotopic (exact) mass is 346 g/mol. The van der Waals surface area contributed by atoms with Crippen LogP contribution in [0.1, 0.15) is 18.9 Å². The van der Waals surface area contributed by atoms with Gasteiger partial charge in [0.25, 0.3) is 5.56 Å². The minimum atomic E-state index is -0.244. The number of hydrogen-bond acceptors (Lipinski definition) is 4. The van der Waals surface area contributed by atoms with Gasteiger partial charge in [0, 0.05) is 39.3 Å². The standard InChI is InChI=1S/C18H23ClN4O/c1-14-12-22(13-15-7-4-3-5-8-15)9-6-10-23(14)16-11-20-21(2)18(24)17(16)19/h3-5,7-8,11,14H,6,9-10,12-13H2,1-2H3/t14-/m0/s1. The van der Waals surface area contributed by atoms with Crippen molar-refractivity contribution in [2.24, 2.45) is 7.05 Å². The van der Waals surface area contributed by atoms with Crippen molar-refractivity contribution in [3.05, 3.63) is 57.5 Å². The van der Waals surface area contributed by atoms with E-state index in [2.05, 4.69) is 46.1 Å². The number of nitrogens with zero attached hydrogens (tertiary/aromatic N) is 4. The highest BCUT2D eigenvalue weighted by Gasteiger charge is 2.24. The molecule has 0 aliphatic carbocycles. The van der Waals surface area contributed by atoms with Gasteiger partial charge in [-0.2, -0.15) is 5.10 Å². The summed E-state index contributed by atoms with van der Waals surface area (Å²) in [7, 11) is 1.62. The molecule has 1 atom stereocenters. The lowest BCUT2D eigenvalue weighted by atomic mass is 10.2. The van der Waals surface area contributed by atoms with E-state index in [4.69, 9.17) is 11.6 Å². The lowest BCUT2D eigenvalue weighted by Gasteiger charge is -2.31. The predicted molar refractivity (Wildman–Crippen MR) is 97.6 cm³/mol. The Hall–Kier alpha value is -1.85. The van der Waals surface area contributed by atoms with Crippen molar-refractivity contribution >= 4 is 17.3 Å². The summed E-state index contributed by atoms with van der Waals surface area (Å²) in [5.41, 5.74) is 1.83. The molecule has 2 aromatic rings. The number of anilines is 1. The van der Waals surface area contributed by atoms with E-state index >= 15 is 0 Å². The van der Waals surface area contributed by atoms with Gasteiger partial charge in [0.1, 0.15) is 5.02 Å². The molecule has 1 aromatic carbocycles. The van der Waals surface area contributed by atoms with Gasteiger partial charge in [-0.1, -0.05) is 41.9 Å². The average molecular weight is 347 g/mol. The molecule has 1 saturated heterocycles. The summed E-state index contributed by atoms with van der Waals surface area (Å²) >= 11 is 6.29. The molecular formula is C18H23ClN4O. The Morgan fingerprint density at radius 1 is 1.25 bits per heavy atom.